The number of hydrogen-bond donors (Lipinski definition) is 4. The van der Waals surface area contributed by atoms with Gasteiger partial charge in [-0.25, -0.2) is 0 Å². The van der Waals surface area contributed by atoms with Gasteiger partial charge in [-0.05, 0) is 54.8 Å². The molecule has 0 atom stereocenters. The second kappa shape index (κ2) is 13.8. The third-order valence-electron chi connectivity index (χ3n) is 5.64. The molecule has 0 aliphatic rings. The molecule has 13 heteroatoms. The molecule has 0 unspecified atom stereocenters. The zero-order valence-electron chi connectivity index (χ0n) is 21.1. The molecule has 4 N–H and O–H groups in total. The van der Waals surface area contributed by atoms with Gasteiger partial charge in [0.05, 0.1) is 31.1 Å². The van der Waals surface area contributed by atoms with Crippen LogP contribution in [0.2, 0.25) is 0 Å². The van der Waals surface area contributed by atoms with Crippen molar-refractivity contribution in [2.24, 2.45) is 0 Å². The van der Waals surface area contributed by atoms with Gasteiger partial charge in [0.25, 0.3) is 0 Å². The Balaban J connectivity index is 1.14. The minimum Gasteiger partial charge on any atom is -0.491 e. The summed E-state index contributed by atoms with van der Waals surface area (Å²) in [6, 6.07) is 8.07. The molecule has 0 saturated carbocycles. The summed E-state index contributed by atoms with van der Waals surface area (Å²) >= 11 is 0. The standard InChI is InChI=1S/C26H30F3N5O5/c27-26(28,29)39-22-10-18(9-21(13-22)37-8-5-35)14-30-3-1-2-6-36-7-4-31-24-11-19(20-15-33-38-17-20)12-25-23(24)16-32-34-25/h9-13,15-17,30-31,35H,1-8,14H2,(H,32,34). The minimum atomic E-state index is -4.80. The smallest absolute Gasteiger partial charge is 0.491 e. The zero-order chi connectivity index (χ0) is 27.5. The number of hydrogen-bond acceptors (Lipinski definition) is 9. The van der Waals surface area contributed by atoms with Gasteiger partial charge in [-0.2, -0.15) is 5.10 Å². The van der Waals surface area contributed by atoms with E-state index in [0.29, 0.717) is 38.4 Å². The number of rotatable bonds is 16. The molecule has 2 heterocycles. The van der Waals surface area contributed by atoms with Crippen molar-refractivity contribution in [1.82, 2.24) is 20.7 Å². The highest BCUT2D eigenvalue weighted by molar-refractivity contribution is 5.95. The van der Waals surface area contributed by atoms with Gasteiger partial charge in [0.2, 0.25) is 0 Å². The van der Waals surface area contributed by atoms with E-state index >= 15 is 0 Å². The number of halogens is 3. The molecule has 0 spiro atoms. The Kier molecular flexibility index (Phi) is 10.00. The first kappa shape index (κ1) is 28.2. The van der Waals surface area contributed by atoms with Crippen molar-refractivity contribution >= 4 is 16.6 Å². The molecule has 0 aliphatic heterocycles. The van der Waals surface area contributed by atoms with E-state index in [1.165, 1.54) is 6.07 Å². The van der Waals surface area contributed by atoms with Crippen LogP contribution >= 0.6 is 0 Å². The van der Waals surface area contributed by atoms with Crippen LogP contribution in [0.4, 0.5) is 18.9 Å². The predicted octanol–water partition coefficient (Wildman–Crippen LogP) is 4.49. The van der Waals surface area contributed by atoms with E-state index in [1.54, 1.807) is 24.7 Å². The van der Waals surface area contributed by atoms with Crippen LogP contribution in [0.1, 0.15) is 18.4 Å². The maximum Gasteiger partial charge on any atom is 0.573 e. The Hall–Kier alpha value is -3.81. The van der Waals surface area contributed by atoms with Crippen LogP contribution in [0.3, 0.4) is 0 Å². The lowest BCUT2D eigenvalue weighted by Gasteiger charge is -2.14. The number of alkyl halides is 3. The van der Waals surface area contributed by atoms with Gasteiger partial charge >= 0.3 is 6.36 Å². The number of benzene rings is 2. The van der Waals surface area contributed by atoms with E-state index in [-0.39, 0.29) is 24.7 Å². The summed E-state index contributed by atoms with van der Waals surface area (Å²) in [5.74, 6) is -0.168. The fraction of sp³-hybridized carbons (Fsp3) is 0.385. The Labute approximate surface area is 222 Å². The van der Waals surface area contributed by atoms with Crippen LogP contribution in [0.25, 0.3) is 22.0 Å². The van der Waals surface area contributed by atoms with Gasteiger partial charge in [0, 0.05) is 42.4 Å². The second-order valence-electron chi connectivity index (χ2n) is 8.62. The third kappa shape index (κ3) is 8.87. The number of aromatic amines is 1. The van der Waals surface area contributed by atoms with Gasteiger partial charge in [-0.1, -0.05) is 5.16 Å². The van der Waals surface area contributed by atoms with E-state index in [1.807, 2.05) is 12.1 Å². The molecule has 4 rings (SSSR count). The van der Waals surface area contributed by atoms with E-state index in [0.717, 1.165) is 46.6 Å². The summed E-state index contributed by atoms with van der Waals surface area (Å²) in [6.07, 6.45) is 1.86. The molecule has 0 bridgehead atoms. The summed E-state index contributed by atoms with van der Waals surface area (Å²) in [7, 11) is 0. The first-order chi connectivity index (χ1) is 18.9. The van der Waals surface area contributed by atoms with Crippen molar-refractivity contribution < 1.29 is 37.0 Å². The first-order valence-electron chi connectivity index (χ1n) is 12.4. The van der Waals surface area contributed by atoms with Crippen molar-refractivity contribution in [2.75, 3.05) is 44.8 Å². The molecule has 39 heavy (non-hydrogen) atoms. The number of fused-ring (bicyclic) bond motifs is 1. The highest BCUT2D eigenvalue weighted by Gasteiger charge is 2.31. The van der Waals surface area contributed by atoms with Crippen molar-refractivity contribution in [1.29, 1.82) is 0 Å². The normalized spacial score (nSPS) is 11.7. The summed E-state index contributed by atoms with van der Waals surface area (Å²) in [5, 5.41) is 27.3. The maximum absolute atomic E-state index is 12.6. The molecule has 2 aromatic carbocycles. The fourth-order valence-electron chi connectivity index (χ4n) is 3.93. The molecule has 2 aromatic heterocycles. The number of H-pyrrole nitrogens is 1. The quantitative estimate of drug-likeness (QED) is 0.150. The SMILES string of the molecule is OCCOc1cc(CNCCCCOCCNc2cc(-c3cnoc3)cc3[nH]ncc23)cc(OC(F)(F)F)c1. The second-order valence-corrected chi connectivity index (χ2v) is 8.62. The summed E-state index contributed by atoms with van der Waals surface area (Å²) in [6.45, 7) is 2.44. The summed E-state index contributed by atoms with van der Waals surface area (Å²) in [4.78, 5) is 0. The average molecular weight is 550 g/mol. The van der Waals surface area contributed by atoms with Crippen LogP contribution in [0.15, 0.2) is 53.5 Å². The predicted molar refractivity (Wildman–Crippen MR) is 138 cm³/mol. The largest absolute Gasteiger partial charge is 0.573 e. The number of nitrogens with zero attached hydrogens (tertiary/aromatic N) is 2. The number of anilines is 1. The topological polar surface area (TPSA) is 127 Å². The maximum atomic E-state index is 12.6. The number of nitrogens with one attached hydrogen (secondary N) is 3. The molecule has 210 valence electrons. The van der Waals surface area contributed by atoms with Crippen molar-refractivity contribution in [3.8, 4) is 22.6 Å². The van der Waals surface area contributed by atoms with Gasteiger partial charge in [0.1, 0.15) is 24.4 Å². The highest BCUT2D eigenvalue weighted by atomic mass is 19.4. The Morgan fingerprint density at radius 1 is 0.949 bits per heavy atom. The summed E-state index contributed by atoms with van der Waals surface area (Å²) in [5.41, 5.74) is 4.24. The number of unbranched alkanes of at least 4 members (excludes halogenated alkanes) is 1. The van der Waals surface area contributed by atoms with Gasteiger partial charge in [-0.15, -0.1) is 13.2 Å². The number of ether oxygens (including phenoxy) is 3. The Morgan fingerprint density at radius 3 is 2.62 bits per heavy atom. The molecule has 0 fully saturated rings. The van der Waals surface area contributed by atoms with E-state index in [9.17, 15) is 13.2 Å². The molecule has 0 radical (unpaired) electrons. The van der Waals surface area contributed by atoms with Crippen molar-refractivity contribution in [3.63, 3.8) is 0 Å². The van der Waals surface area contributed by atoms with Crippen LogP contribution in [0, 0.1) is 0 Å². The lowest BCUT2D eigenvalue weighted by molar-refractivity contribution is -0.274. The molecular formula is C26H30F3N5O5. The lowest BCUT2D eigenvalue weighted by Crippen LogP contribution is -2.18. The van der Waals surface area contributed by atoms with Gasteiger partial charge < -0.3 is 34.5 Å². The van der Waals surface area contributed by atoms with Gasteiger partial charge in [-0.3, -0.25) is 5.10 Å². The van der Waals surface area contributed by atoms with E-state index in [2.05, 4.69) is 30.7 Å². The minimum absolute atomic E-state index is 0.0269. The van der Waals surface area contributed by atoms with Crippen molar-refractivity contribution in [3.05, 3.63) is 54.6 Å². The number of aliphatic hydroxyl groups is 1. The number of aromatic nitrogens is 3. The fourth-order valence-corrected chi connectivity index (χ4v) is 3.93. The van der Waals surface area contributed by atoms with E-state index in [4.69, 9.17) is 19.1 Å². The van der Waals surface area contributed by atoms with Crippen LogP contribution in [0.5, 0.6) is 11.5 Å². The summed E-state index contributed by atoms with van der Waals surface area (Å²) < 4.78 is 57.8. The van der Waals surface area contributed by atoms with Crippen LogP contribution in [-0.2, 0) is 11.3 Å². The van der Waals surface area contributed by atoms with E-state index < -0.39 is 6.36 Å². The molecule has 0 aliphatic carbocycles. The lowest BCUT2D eigenvalue weighted by atomic mass is 10.1. The van der Waals surface area contributed by atoms with Gasteiger partial charge in [0.15, 0.2) is 0 Å². The zero-order valence-corrected chi connectivity index (χ0v) is 21.1. The molecule has 0 amide bonds. The molecular weight excluding hydrogens is 519 g/mol. The highest BCUT2D eigenvalue weighted by Crippen LogP contribution is 2.30. The van der Waals surface area contributed by atoms with Crippen LogP contribution < -0.4 is 20.1 Å². The van der Waals surface area contributed by atoms with Crippen LogP contribution in [-0.4, -0.2) is 66.3 Å². The molecule has 4 aromatic rings. The number of aliphatic hydroxyl groups excluding tert-OH is 1. The third-order valence-corrected chi connectivity index (χ3v) is 5.64. The first-order valence-corrected chi connectivity index (χ1v) is 12.4. The Morgan fingerprint density at radius 2 is 1.82 bits per heavy atom. The monoisotopic (exact) mass is 549 g/mol. The molecule has 10 nitrogen and oxygen atoms in total. The van der Waals surface area contributed by atoms with Crippen molar-refractivity contribution in [2.45, 2.75) is 25.7 Å². The Bertz CT molecular complexity index is 1300. The molecule has 0 saturated heterocycles. The average Bonchev–Trinajstić information content (AvgIpc) is 3.60.